The van der Waals surface area contributed by atoms with Crippen molar-refractivity contribution >= 4 is 0 Å². The second-order valence-electron chi connectivity index (χ2n) is 1.75. The molecule has 0 radical (unpaired) electrons. The number of likely N-dealkylation sites (N-methyl/N-ethyl adjacent to an activating group) is 1. The molecule has 0 aliphatic rings. The van der Waals surface area contributed by atoms with E-state index in [0.717, 1.165) is 0 Å². The van der Waals surface area contributed by atoms with Crippen molar-refractivity contribution in [2.45, 2.75) is 14.9 Å². The van der Waals surface area contributed by atoms with Crippen LogP contribution in [0.4, 0.5) is 0 Å². The zero-order chi connectivity index (χ0) is 6.41. The smallest absolute Gasteiger partial charge is 0.0558 e. The number of hydrogen-bond donors (Lipinski definition) is 2. The Bertz CT molecular complexity index is 44.9. The van der Waals surface area contributed by atoms with Crippen molar-refractivity contribution in [3.05, 3.63) is 0 Å². The van der Waals surface area contributed by atoms with Gasteiger partial charge in [0.2, 0.25) is 0 Å². The van der Waals surface area contributed by atoms with Crippen molar-refractivity contribution in [3.8, 4) is 0 Å². The van der Waals surface area contributed by atoms with Crippen molar-refractivity contribution < 1.29 is 10.2 Å². The molecule has 3 nitrogen and oxygen atoms in total. The highest BCUT2D eigenvalue weighted by molar-refractivity contribution is 4.45. The highest BCUT2D eigenvalue weighted by Crippen LogP contribution is 1.76. The Labute approximate surface area is 64.3 Å². The lowest BCUT2D eigenvalue weighted by Gasteiger charge is -2.11. The summed E-state index contributed by atoms with van der Waals surface area (Å²) < 4.78 is 0. The SMILES string of the molecule is C.C.CN(CCO)CCO. The van der Waals surface area contributed by atoms with Gasteiger partial charge in [-0.15, -0.1) is 0 Å². The fourth-order valence-corrected chi connectivity index (χ4v) is 0.453. The first-order valence-electron chi connectivity index (χ1n) is 2.71. The maximum atomic E-state index is 8.34. The molecule has 0 fully saturated rings. The van der Waals surface area contributed by atoms with E-state index in [-0.39, 0.29) is 28.1 Å². The third kappa shape index (κ3) is 10.8. The zero-order valence-electron chi connectivity index (χ0n) is 5.17. The van der Waals surface area contributed by atoms with Crippen LogP contribution in [0.3, 0.4) is 0 Å². The first-order valence-corrected chi connectivity index (χ1v) is 2.71. The van der Waals surface area contributed by atoms with E-state index in [0.29, 0.717) is 13.1 Å². The summed E-state index contributed by atoms with van der Waals surface area (Å²) >= 11 is 0. The van der Waals surface area contributed by atoms with Gasteiger partial charge < -0.3 is 15.1 Å². The summed E-state index contributed by atoms with van der Waals surface area (Å²) in [4.78, 5) is 1.86. The van der Waals surface area contributed by atoms with Gasteiger partial charge in [0.05, 0.1) is 13.2 Å². The Morgan fingerprint density at radius 2 is 1.30 bits per heavy atom. The first kappa shape index (κ1) is 16.5. The van der Waals surface area contributed by atoms with Gasteiger partial charge in [-0.05, 0) is 7.05 Å². The maximum Gasteiger partial charge on any atom is 0.0558 e. The van der Waals surface area contributed by atoms with Crippen LogP contribution in [0.15, 0.2) is 0 Å². The van der Waals surface area contributed by atoms with Crippen molar-refractivity contribution in [1.29, 1.82) is 0 Å². The van der Waals surface area contributed by atoms with Gasteiger partial charge in [-0.25, -0.2) is 0 Å². The van der Waals surface area contributed by atoms with Gasteiger partial charge in [-0.3, -0.25) is 0 Å². The van der Waals surface area contributed by atoms with Crippen LogP contribution < -0.4 is 0 Å². The van der Waals surface area contributed by atoms with E-state index in [1.54, 1.807) is 0 Å². The van der Waals surface area contributed by atoms with Crippen LogP contribution in [-0.4, -0.2) is 48.5 Å². The third-order valence-corrected chi connectivity index (χ3v) is 0.963. The van der Waals surface area contributed by atoms with Crippen LogP contribution in [0.25, 0.3) is 0 Å². The van der Waals surface area contributed by atoms with Gasteiger partial charge in [0.15, 0.2) is 0 Å². The normalized spacial score (nSPS) is 8.40. The molecule has 2 N–H and O–H groups in total. The molecule has 0 aromatic carbocycles. The van der Waals surface area contributed by atoms with Crippen molar-refractivity contribution in [2.75, 3.05) is 33.4 Å². The summed E-state index contributed by atoms with van der Waals surface area (Å²) in [6, 6.07) is 0. The van der Waals surface area contributed by atoms with E-state index in [2.05, 4.69) is 0 Å². The van der Waals surface area contributed by atoms with Crippen LogP contribution in [0.2, 0.25) is 0 Å². The van der Waals surface area contributed by atoms with Crippen LogP contribution in [0.5, 0.6) is 0 Å². The predicted molar refractivity (Wildman–Crippen MR) is 45.1 cm³/mol. The third-order valence-electron chi connectivity index (χ3n) is 0.963. The topological polar surface area (TPSA) is 43.7 Å². The molecule has 0 spiro atoms. The zero-order valence-corrected chi connectivity index (χ0v) is 5.17. The molecule has 0 aromatic heterocycles. The number of aliphatic hydroxyl groups is 2. The minimum absolute atomic E-state index is 0. The lowest BCUT2D eigenvalue weighted by molar-refractivity contribution is 0.184. The predicted octanol–water partition coefficient (Wildman–Crippen LogP) is 0.175. The Balaban J connectivity index is -0.000000245. The molecule has 0 amide bonds. The van der Waals surface area contributed by atoms with Crippen LogP contribution >= 0.6 is 0 Å². The van der Waals surface area contributed by atoms with Crippen molar-refractivity contribution in [1.82, 2.24) is 4.90 Å². The van der Waals surface area contributed by atoms with Gasteiger partial charge in [0.1, 0.15) is 0 Å². The molecular formula is C7H21NO2. The Morgan fingerprint density at radius 1 is 1.00 bits per heavy atom. The average molecular weight is 151 g/mol. The highest BCUT2D eigenvalue weighted by Gasteiger charge is 1.91. The summed E-state index contributed by atoms with van der Waals surface area (Å²) in [6.45, 7) is 1.61. The van der Waals surface area contributed by atoms with E-state index in [1.165, 1.54) is 0 Å². The molecule has 66 valence electrons. The fraction of sp³-hybridized carbons (Fsp3) is 1.00. The summed E-state index contributed by atoms with van der Waals surface area (Å²) in [5.41, 5.74) is 0. The highest BCUT2D eigenvalue weighted by atomic mass is 16.3. The molecule has 0 heterocycles. The molecule has 0 aromatic rings. The lowest BCUT2D eigenvalue weighted by atomic mass is 10.5. The molecule has 0 bridgehead atoms. The number of hydrogen-bond acceptors (Lipinski definition) is 3. The summed E-state index contributed by atoms with van der Waals surface area (Å²) in [7, 11) is 1.85. The quantitative estimate of drug-likeness (QED) is 0.602. The minimum Gasteiger partial charge on any atom is -0.395 e. The minimum atomic E-state index is 0. The molecule has 0 aliphatic carbocycles. The van der Waals surface area contributed by atoms with E-state index in [9.17, 15) is 0 Å². The average Bonchev–Trinajstić information content (AvgIpc) is 1.68. The van der Waals surface area contributed by atoms with E-state index < -0.39 is 0 Å². The van der Waals surface area contributed by atoms with Gasteiger partial charge >= 0.3 is 0 Å². The standard InChI is InChI=1S/C5H13NO2.2CH4/c1-6(2-4-7)3-5-8;;/h7-8H,2-5H2,1H3;2*1H4. The Hall–Kier alpha value is -0.120. The molecule has 0 saturated carbocycles. The van der Waals surface area contributed by atoms with Gasteiger partial charge in [-0.2, -0.15) is 0 Å². The monoisotopic (exact) mass is 151 g/mol. The first-order chi connectivity index (χ1) is 3.81. The van der Waals surface area contributed by atoms with Crippen LogP contribution in [-0.2, 0) is 0 Å². The second kappa shape index (κ2) is 11.6. The molecule has 0 rings (SSSR count). The molecule has 0 unspecified atom stereocenters. The number of nitrogens with zero attached hydrogens (tertiary/aromatic N) is 1. The van der Waals surface area contributed by atoms with E-state index >= 15 is 0 Å². The summed E-state index contributed by atoms with van der Waals surface area (Å²) in [5.74, 6) is 0. The molecule has 0 aliphatic heterocycles. The van der Waals surface area contributed by atoms with Gasteiger partial charge in [0.25, 0.3) is 0 Å². The maximum absolute atomic E-state index is 8.34. The Morgan fingerprint density at radius 3 is 1.50 bits per heavy atom. The van der Waals surface area contributed by atoms with Crippen LogP contribution in [0, 0.1) is 0 Å². The summed E-state index contributed by atoms with van der Waals surface area (Å²) in [5, 5.41) is 16.7. The fourth-order valence-electron chi connectivity index (χ4n) is 0.453. The molecular weight excluding hydrogens is 130 g/mol. The number of rotatable bonds is 4. The van der Waals surface area contributed by atoms with Crippen LogP contribution in [0.1, 0.15) is 14.9 Å². The summed E-state index contributed by atoms with van der Waals surface area (Å²) in [6.07, 6.45) is 0. The number of aliphatic hydroxyl groups excluding tert-OH is 2. The van der Waals surface area contributed by atoms with E-state index in [1.807, 2.05) is 11.9 Å². The molecule has 3 heteroatoms. The van der Waals surface area contributed by atoms with E-state index in [4.69, 9.17) is 10.2 Å². The van der Waals surface area contributed by atoms with Gasteiger partial charge in [-0.1, -0.05) is 14.9 Å². The van der Waals surface area contributed by atoms with Crippen molar-refractivity contribution in [2.24, 2.45) is 0 Å². The molecule has 10 heavy (non-hydrogen) atoms. The molecule has 0 saturated heterocycles. The largest absolute Gasteiger partial charge is 0.395 e. The van der Waals surface area contributed by atoms with Gasteiger partial charge in [0, 0.05) is 13.1 Å². The van der Waals surface area contributed by atoms with Crippen molar-refractivity contribution in [3.63, 3.8) is 0 Å². The Kier molecular flexibility index (Phi) is 19.2. The second-order valence-corrected chi connectivity index (χ2v) is 1.75. The molecule has 0 atom stereocenters. The lowest BCUT2D eigenvalue weighted by Crippen LogP contribution is -2.25.